The molecule has 2 aromatic carbocycles. The number of amides is 1. The van der Waals surface area contributed by atoms with Crippen molar-refractivity contribution in [2.75, 3.05) is 0 Å². The van der Waals surface area contributed by atoms with Gasteiger partial charge in [-0.25, -0.2) is 5.43 Å². The highest BCUT2D eigenvalue weighted by molar-refractivity contribution is 6.30. The van der Waals surface area contributed by atoms with Gasteiger partial charge in [-0.2, -0.15) is 5.10 Å². The number of carbonyl (C=O) groups is 1. The average molecular weight is 273 g/mol. The first kappa shape index (κ1) is 13.3. The molecule has 1 N–H and O–H groups in total. The number of hydrogen-bond donors (Lipinski definition) is 1. The number of hydrazone groups is 1. The van der Waals surface area contributed by atoms with Gasteiger partial charge >= 0.3 is 0 Å². The Morgan fingerprint density at radius 1 is 1.11 bits per heavy atom. The van der Waals surface area contributed by atoms with Crippen LogP contribution in [-0.2, 0) is 11.2 Å². The Hall–Kier alpha value is -2.13. The predicted octanol–water partition coefficient (Wildman–Crippen LogP) is 3.03. The topological polar surface area (TPSA) is 41.5 Å². The van der Waals surface area contributed by atoms with Gasteiger partial charge in [0.25, 0.3) is 0 Å². The maximum Gasteiger partial charge on any atom is 0.244 e. The molecule has 1 amide bonds. The number of carbonyl (C=O) groups excluding carboxylic acids is 1. The van der Waals surface area contributed by atoms with Crippen LogP contribution in [0.25, 0.3) is 0 Å². The molecular formula is C15H13ClN2O. The summed E-state index contributed by atoms with van der Waals surface area (Å²) in [6, 6.07) is 16.7. The third kappa shape index (κ3) is 4.56. The monoisotopic (exact) mass is 272 g/mol. The van der Waals surface area contributed by atoms with E-state index >= 15 is 0 Å². The second kappa shape index (κ2) is 6.71. The van der Waals surface area contributed by atoms with Crippen LogP contribution in [0, 0.1) is 0 Å². The molecule has 96 valence electrons. The lowest BCUT2D eigenvalue weighted by Crippen LogP contribution is -2.19. The van der Waals surface area contributed by atoms with Gasteiger partial charge in [0.15, 0.2) is 0 Å². The van der Waals surface area contributed by atoms with E-state index in [2.05, 4.69) is 10.5 Å². The van der Waals surface area contributed by atoms with Gasteiger partial charge in [-0.3, -0.25) is 4.79 Å². The van der Waals surface area contributed by atoms with Gasteiger partial charge in [-0.15, -0.1) is 0 Å². The third-order valence-electron chi connectivity index (χ3n) is 2.48. The number of benzene rings is 2. The molecule has 0 aliphatic rings. The van der Waals surface area contributed by atoms with Crippen molar-refractivity contribution in [1.29, 1.82) is 0 Å². The summed E-state index contributed by atoms with van der Waals surface area (Å²) in [6.45, 7) is 0. The molecule has 0 radical (unpaired) electrons. The van der Waals surface area contributed by atoms with E-state index in [1.807, 2.05) is 42.5 Å². The Morgan fingerprint density at radius 3 is 2.47 bits per heavy atom. The molecule has 2 aromatic rings. The smallest absolute Gasteiger partial charge is 0.244 e. The Bertz CT molecular complexity index is 564. The molecule has 3 nitrogen and oxygen atoms in total. The maximum atomic E-state index is 11.6. The molecule has 0 bridgehead atoms. The highest BCUT2D eigenvalue weighted by Crippen LogP contribution is 2.07. The summed E-state index contributed by atoms with van der Waals surface area (Å²) in [5, 5.41) is 4.57. The highest BCUT2D eigenvalue weighted by atomic mass is 35.5. The van der Waals surface area contributed by atoms with E-state index < -0.39 is 0 Å². The van der Waals surface area contributed by atoms with E-state index in [9.17, 15) is 4.79 Å². The second-order valence-corrected chi connectivity index (χ2v) is 4.44. The molecule has 0 aromatic heterocycles. The lowest BCUT2D eigenvalue weighted by Gasteiger charge is -1.99. The molecule has 0 saturated heterocycles. The van der Waals surface area contributed by atoms with Crippen LogP contribution in [0.3, 0.4) is 0 Å². The predicted molar refractivity (Wildman–Crippen MR) is 77.3 cm³/mol. The Labute approximate surface area is 116 Å². The first-order chi connectivity index (χ1) is 9.24. The first-order valence-corrected chi connectivity index (χ1v) is 6.23. The zero-order valence-corrected chi connectivity index (χ0v) is 11.0. The van der Waals surface area contributed by atoms with Crippen LogP contribution in [0.4, 0.5) is 0 Å². The standard InChI is InChI=1S/C15H13ClN2O/c16-14-8-6-13(7-9-14)11-17-18-15(19)10-12-4-2-1-3-5-12/h1-9,11H,10H2,(H,18,19)/b17-11-. The summed E-state index contributed by atoms with van der Waals surface area (Å²) >= 11 is 5.77. The van der Waals surface area contributed by atoms with Crippen LogP contribution in [0.2, 0.25) is 5.02 Å². The number of nitrogens with zero attached hydrogens (tertiary/aromatic N) is 1. The summed E-state index contributed by atoms with van der Waals surface area (Å²) in [4.78, 5) is 11.6. The number of rotatable bonds is 4. The van der Waals surface area contributed by atoms with Gasteiger partial charge in [-0.1, -0.05) is 54.1 Å². The van der Waals surface area contributed by atoms with Crippen LogP contribution in [-0.4, -0.2) is 12.1 Å². The highest BCUT2D eigenvalue weighted by Gasteiger charge is 2.00. The lowest BCUT2D eigenvalue weighted by molar-refractivity contribution is -0.120. The minimum Gasteiger partial charge on any atom is -0.273 e. The Balaban J connectivity index is 1.85. The number of nitrogens with one attached hydrogen (secondary N) is 1. The molecule has 4 heteroatoms. The molecule has 0 heterocycles. The van der Waals surface area contributed by atoms with E-state index in [1.165, 1.54) is 0 Å². The van der Waals surface area contributed by atoms with Gasteiger partial charge in [0.1, 0.15) is 0 Å². The van der Waals surface area contributed by atoms with Crippen LogP contribution in [0.5, 0.6) is 0 Å². The minimum absolute atomic E-state index is 0.142. The van der Waals surface area contributed by atoms with E-state index in [1.54, 1.807) is 18.3 Å². The van der Waals surface area contributed by atoms with Crippen molar-refractivity contribution >= 4 is 23.7 Å². The fourth-order valence-corrected chi connectivity index (χ4v) is 1.67. The van der Waals surface area contributed by atoms with Crippen LogP contribution >= 0.6 is 11.6 Å². The van der Waals surface area contributed by atoms with Crippen molar-refractivity contribution in [3.8, 4) is 0 Å². The normalized spacial score (nSPS) is 10.6. The molecule has 19 heavy (non-hydrogen) atoms. The summed E-state index contributed by atoms with van der Waals surface area (Å²) in [5.41, 5.74) is 4.33. The number of hydrogen-bond acceptors (Lipinski definition) is 2. The molecule has 0 atom stereocenters. The zero-order valence-electron chi connectivity index (χ0n) is 10.2. The molecule has 0 aliphatic heterocycles. The zero-order chi connectivity index (χ0) is 13.5. The fourth-order valence-electron chi connectivity index (χ4n) is 1.55. The molecule has 0 unspecified atom stereocenters. The lowest BCUT2D eigenvalue weighted by atomic mass is 10.1. The second-order valence-electron chi connectivity index (χ2n) is 4.01. The van der Waals surface area contributed by atoms with Crippen molar-refractivity contribution < 1.29 is 4.79 Å². The quantitative estimate of drug-likeness (QED) is 0.675. The third-order valence-corrected chi connectivity index (χ3v) is 2.73. The summed E-state index contributed by atoms with van der Waals surface area (Å²) in [6.07, 6.45) is 1.90. The van der Waals surface area contributed by atoms with Gasteiger partial charge in [0, 0.05) is 5.02 Å². The van der Waals surface area contributed by atoms with E-state index in [0.717, 1.165) is 11.1 Å². The summed E-state index contributed by atoms with van der Waals surface area (Å²) in [7, 11) is 0. The Morgan fingerprint density at radius 2 is 1.79 bits per heavy atom. The van der Waals surface area contributed by atoms with Crippen molar-refractivity contribution in [3.63, 3.8) is 0 Å². The van der Waals surface area contributed by atoms with Crippen molar-refractivity contribution in [2.45, 2.75) is 6.42 Å². The fraction of sp³-hybridized carbons (Fsp3) is 0.0667. The summed E-state index contributed by atoms with van der Waals surface area (Å²) < 4.78 is 0. The van der Waals surface area contributed by atoms with Gasteiger partial charge in [0.2, 0.25) is 5.91 Å². The first-order valence-electron chi connectivity index (χ1n) is 5.85. The van der Waals surface area contributed by atoms with Crippen LogP contribution in [0.1, 0.15) is 11.1 Å². The van der Waals surface area contributed by atoms with Crippen LogP contribution < -0.4 is 5.43 Å². The molecule has 0 spiro atoms. The number of halogens is 1. The molecule has 0 aliphatic carbocycles. The van der Waals surface area contributed by atoms with Crippen molar-refractivity contribution in [1.82, 2.24) is 5.43 Å². The van der Waals surface area contributed by atoms with E-state index in [4.69, 9.17) is 11.6 Å². The van der Waals surface area contributed by atoms with Crippen molar-refractivity contribution in [2.24, 2.45) is 5.10 Å². The van der Waals surface area contributed by atoms with Crippen LogP contribution in [0.15, 0.2) is 59.7 Å². The minimum atomic E-state index is -0.142. The van der Waals surface area contributed by atoms with E-state index in [-0.39, 0.29) is 5.91 Å². The average Bonchev–Trinajstić information content (AvgIpc) is 2.42. The molecular weight excluding hydrogens is 260 g/mol. The maximum absolute atomic E-state index is 11.6. The SMILES string of the molecule is O=C(Cc1ccccc1)N/N=C\c1ccc(Cl)cc1. The Kier molecular flexibility index (Phi) is 4.70. The molecule has 0 fully saturated rings. The van der Waals surface area contributed by atoms with Crippen molar-refractivity contribution in [3.05, 3.63) is 70.7 Å². The molecule has 0 saturated carbocycles. The van der Waals surface area contributed by atoms with Gasteiger partial charge in [-0.05, 0) is 23.3 Å². The van der Waals surface area contributed by atoms with E-state index in [0.29, 0.717) is 11.4 Å². The summed E-state index contributed by atoms with van der Waals surface area (Å²) in [5.74, 6) is -0.142. The van der Waals surface area contributed by atoms with Gasteiger partial charge in [0.05, 0.1) is 12.6 Å². The van der Waals surface area contributed by atoms with Gasteiger partial charge < -0.3 is 0 Å². The largest absolute Gasteiger partial charge is 0.273 e. The molecule has 2 rings (SSSR count).